The van der Waals surface area contributed by atoms with Crippen molar-refractivity contribution in [1.29, 1.82) is 5.26 Å². The van der Waals surface area contributed by atoms with Gasteiger partial charge >= 0.3 is 0 Å². The fourth-order valence-electron chi connectivity index (χ4n) is 2.57. The van der Waals surface area contributed by atoms with E-state index in [4.69, 9.17) is 0 Å². The van der Waals surface area contributed by atoms with Crippen molar-refractivity contribution >= 4 is 0 Å². The lowest BCUT2D eigenvalue weighted by Crippen LogP contribution is -1.99. The molecule has 0 aliphatic rings. The summed E-state index contributed by atoms with van der Waals surface area (Å²) < 4.78 is 13.6. The van der Waals surface area contributed by atoms with Crippen molar-refractivity contribution in [2.75, 3.05) is 0 Å². The van der Waals surface area contributed by atoms with Crippen molar-refractivity contribution in [3.8, 4) is 34.4 Å². The predicted octanol–water partition coefficient (Wildman–Crippen LogP) is 3.40. The van der Waals surface area contributed by atoms with E-state index >= 15 is 0 Å². The second-order valence-corrected chi connectivity index (χ2v) is 5.47. The van der Waals surface area contributed by atoms with Gasteiger partial charge in [-0.15, -0.1) is 15.0 Å². The van der Waals surface area contributed by atoms with Gasteiger partial charge in [0, 0.05) is 11.8 Å². The summed E-state index contributed by atoms with van der Waals surface area (Å²) in [5, 5.41) is 21.7. The lowest BCUT2D eigenvalue weighted by atomic mass is 10.00. The van der Waals surface area contributed by atoms with E-state index in [1.54, 1.807) is 36.5 Å². The molecule has 0 spiro atoms. The van der Waals surface area contributed by atoms with E-state index in [0.717, 1.165) is 0 Å². The number of benzene rings is 2. The Morgan fingerprint density at radius 3 is 2.73 bits per heavy atom. The van der Waals surface area contributed by atoms with E-state index < -0.39 is 5.82 Å². The largest absolute Gasteiger partial charge is 0.253 e. The first-order valence-electron chi connectivity index (χ1n) is 7.76. The molecule has 0 bridgehead atoms. The van der Waals surface area contributed by atoms with E-state index in [1.807, 2.05) is 12.1 Å². The number of nitriles is 1. The highest BCUT2D eigenvalue weighted by molar-refractivity contribution is 5.72. The molecule has 0 N–H and O–H groups in total. The van der Waals surface area contributed by atoms with Gasteiger partial charge in [0.05, 0.1) is 17.3 Å². The number of aromatic nitrogens is 5. The first-order chi connectivity index (χ1) is 12.7. The fraction of sp³-hybridized carbons (Fsp3) is 0. The molecule has 0 atom stereocenters. The van der Waals surface area contributed by atoms with Crippen LogP contribution in [0.3, 0.4) is 0 Å². The Morgan fingerprint density at radius 2 is 1.92 bits per heavy atom. The zero-order valence-electron chi connectivity index (χ0n) is 13.4. The van der Waals surface area contributed by atoms with E-state index in [0.29, 0.717) is 33.9 Å². The Labute approximate surface area is 148 Å². The summed E-state index contributed by atoms with van der Waals surface area (Å²) >= 11 is 0. The van der Waals surface area contributed by atoms with Crippen LogP contribution >= 0.6 is 0 Å². The minimum absolute atomic E-state index is 0.393. The molecule has 26 heavy (non-hydrogen) atoms. The van der Waals surface area contributed by atoms with Crippen LogP contribution in [-0.4, -0.2) is 25.2 Å². The van der Waals surface area contributed by atoms with Crippen molar-refractivity contribution in [2.24, 2.45) is 0 Å². The van der Waals surface area contributed by atoms with Crippen LogP contribution in [0.5, 0.6) is 0 Å². The molecule has 0 fully saturated rings. The van der Waals surface area contributed by atoms with Gasteiger partial charge in [-0.1, -0.05) is 18.2 Å². The molecule has 0 unspecified atom stereocenters. The van der Waals surface area contributed by atoms with Gasteiger partial charge in [-0.3, -0.25) is 4.98 Å². The van der Waals surface area contributed by atoms with Crippen LogP contribution < -0.4 is 0 Å². The number of hydrogen-bond donors (Lipinski definition) is 0. The third-order valence-electron chi connectivity index (χ3n) is 3.80. The molecular formula is C19H11FN6. The summed E-state index contributed by atoms with van der Waals surface area (Å²) in [6.45, 7) is 0. The summed E-state index contributed by atoms with van der Waals surface area (Å²) in [6.07, 6.45) is 1.66. The van der Waals surface area contributed by atoms with Crippen molar-refractivity contribution < 1.29 is 4.39 Å². The van der Waals surface area contributed by atoms with Crippen LogP contribution in [-0.2, 0) is 0 Å². The normalized spacial score (nSPS) is 10.5. The zero-order valence-corrected chi connectivity index (χ0v) is 13.4. The van der Waals surface area contributed by atoms with Gasteiger partial charge in [-0.2, -0.15) is 5.26 Å². The second kappa shape index (κ2) is 6.53. The molecule has 7 heteroatoms. The number of hydrogen-bond acceptors (Lipinski definition) is 5. The average molecular weight is 342 g/mol. The van der Waals surface area contributed by atoms with E-state index in [1.165, 1.54) is 23.0 Å². The molecule has 124 valence electrons. The van der Waals surface area contributed by atoms with Crippen molar-refractivity contribution in [1.82, 2.24) is 25.2 Å². The van der Waals surface area contributed by atoms with Crippen molar-refractivity contribution in [3.05, 3.63) is 78.2 Å². The smallest absolute Gasteiger partial charge is 0.223 e. The Balaban J connectivity index is 1.75. The molecule has 0 saturated heterocycles. The van der Waals surface area contributed by atoms with E-state index in [9.17, 15) is 9.65 Å². The van der Waals surface area contributed by atoms with Gasteiger partial charge in [0.2, 0.25) is 5.82 Å². The van der Waals surface area contributed by atoms with Crippen LogP contribution in [0.15, 0.2) is 66.9 Å². The number of nitrogens with zero attached hydrogens (tertiary/aromatic N) is 6. The van der Waals surface area contributed by atoms with Gasteiger partial charge in [0.25, 0.3) is 0 Å². The van der Waals surface area contributed by atoms with Crippen molar-refractivity contribution in [2.45, 2.75) is 0 Å². The highest BCUT2D eigenvalue weighted by Crippen LogP contribution is 2.26. The SMILES string of the molecule is N#Cc1ccc(F)cc1-c1cccc(-n2nnc(-c3ccccn3)n2)c1. The molecule has 2 aromatic heterocycles. The maximum Gasteiger partial charge on any atom is 0.223 e. The van der Waals surface area contributed by atoms with Gasteiger partial charge in [-0.05, 0) is 53.2 Å². The maximum absolute atomic E-state index is 13.6. The Morgan fingerprint density at radius 1 is 1.00 bits per heavy atom. The van der Waals surface area contributed by atoms with Gasteiger partial charge in [-0.25, -0.2) is 4.39 Å². The van der Waals surface area contributed by atoms with Crippen LogP contribution in [0.4, 0.5) is 4.39 Å². The minimum atomic E-state index is -0.402. The Kier molecular flexibility index (Phi) is 3.92. The Bertz CT molecular complexity index is 1110. The topological polar surface area (TPSA) is 80.3 Å². The maximum atomic E-state index is 13.6. The quantitative estimate of drug-likeness (QED) is 0.570. The standard InChI is InChI=1S/C19H11FN6/c20-15-8-7-14(12-21)17(11-15)13-4-3-5-16(10-13)26-24-19(23-25-26)18-6-1-2-9-22-18/h1-11H. The highest BCUT2D eigenvalue weighted by atomic mass is 19.1. The predicted molar refractivity (Wildman–Crippen MR) is 92.5 cm³/mol. The van der Waals surface area contributed by atoms with Crippen LogP contribution in [0.25, 0.3) is 28.3 Å². The molecule has 0 radical (unpaired) electrons. The van der Waals surface area contributed by atoms with Crippen LogP contribution in [0.1, 0.15) is 5.56 Å². The van der Waals surface area contributed by atoms with Gasteiger partial charge in [0.15, 0.2) is 0 Å². The molecule has 0 amide bonds. The minimum Gasteiger partial charge on any atom is -0.253 e. The fourth-order valence-corrected chi connectivity index (χ4v) is 2.57. The molecule has 4 aromatic rings. The first kappa shape index (κ1) is 15.6. The summed E-state index contributed by atoms with van der Waals surface area (Å²) in [5.41, 5.74) is 2.86. The summed E-state index contributed by atoms with van der Waals surface area (Å²) in [4.78, 5) is 5.57. The number of halogens is 1. The van der Waals surface area contributed by atoms with Crippen LogP contribution in [0, 0.1) is 17.1 Å². The number of pyridine rings is 1. The first-order valence-corrected chi connectivity index (χ1v) is 7.76. The third kappa shape index (κ3) is 2.91. The summed E-state index contributed by atoms with van der Waals surface area (Å²) in [5.74, 6) is 0.000180. The average Bonchev–Trinajstić information content (AvgIpc) is 3.19. The second-order valence-electron chi connectivity index (χ2n) is 5.47. The molecule has 0 aliphatic carbocycles. The summed E-state index contributed by atoms with van der Waals surface area (Å²) in [7, 11) is 0. The molecule has 2 heterocycles. The van der Waals surface area contributed by atoms with Crippen LogP contribution in [0.2, 0.25) is 0 Å². The Hall–Kier alpha value is -3.92. The van der Waals surface area contributed by atoms with Gasteiger partial charge < -0.3 is 0 Å². The monoisotopic (exact) mass is 342 g/mol. The molecule has 0 saturated carbocycles. The lowest BCUT2D eigenvalue weighted by Gasteiger charge is -2.06. The van der Waals surface area contributed by atoms with E-state index in [-0.39, 0.29) is 0 Å². The van der Waals surface area contributed by atoms with E-state index in [2.05, 4.69) is 26.5 Å². The lowest BCUT2D eigenvalue weighted by molar-refractivity contribution is 0.628. The molecule has 2 aromatic carbocycles. The zero-order chi connectivity index (χ0) is 17.9. The highest BCUT2D eigenvalue weighted by Gasteiger charge is 2.11. The third-order valence-corrected chi connectivity index (χ3v) is 3.80. The molecule has 4 rings (SSSR count). The number of tetrazole rings is 1. The molecule has 6 nitrogen and oxygen atoms in total. The molecule has 0 aliphatic heterocycles. The number of rotatable bonds is 3. The molecular weight excluding hydrogens is 331 g/mol. The van der Waals surface area contributed by atoms with Crippen molar-refractivity contribution in [3.63, 3.8) is 0 Å². The van der Waals surface area contributed by atoms with Gasteiger partial charge in [0.1, 0.15) is 11.5 Å². The summed E-state index contributed by atoms with van der Waals surface area (Å²) in [6, 6.07) is 18.8.